The first kappa shape index (κ1) is 17.0. The molecule has 138 valence electrons. The van der Waals surface area contributed by atoms with Gasteiger partial charge >= 0.3 is 0 Å². The first-order chi connectivity index (χ1) is 13.2. The highest BCUT2D eigenvalue weighted by Gasteiger charge is 2.13. The largest absolute Gasteiger partial charge is 0.493 e. The summed E-state index contributed by atoms with van der Waals surface area (Å²) in [5.41, 5.74) is 3.00. The molecule has 27 heavy (non-hydrogen) atoms. The van der Waals surface area contributed by atoms with Gasteiger partial charge in [0, 0.05) is 25.9 Å². The number of benzene rings is 1. The molecule has 3 aromatic heterocycles. The van der Waals surface area contributed by atoms with Gasteiger partial charge in [-0.15, -0.1) is 5.10 Å². The Labute approximate surface area is 156 Å². The maximum absolute atomic E-state index is 5.37. The maximum atomic E-state index is 5.37. The van der Waals surface area contributed by atoms with Crippen LogP contribution in [-0.4, -0.2) is 43.6 Å². The van der Waals surface area contributed by atoms with Crippen molar-refractivity contribution in [2.45, 2.75) is 12.8 Å². The standard InChI is InChI=1S/C19H20N6O2/c1-24-14(9-11-21-24)15-8-10-20-19-22-18(23-25(15)19)7-5-13-4-6-16(26-2)17(12-13)27-3/h4,6,8-12H,5,7H2,1-3H3. The van der Waals surface area contributed by atoms with E-state index in [0.29, 0.717) is 12.2 Å². The fraction of sp³-hybridized carbons (Fsp3) is 0.263. The van der Waals surface area contributed by atoms with E-state index in [9.17, 15) is 0 Å². The average molecular weight is 364 g/mol. The number of methoxy groups -OCH3 is 2. The molecule has 4 aromatic rings. The predicted octanol–water partition coefficient (Wildman–Crippen LogP) is 2.33. The van der Waals surface area contributed by atoms with Gasteiger partial charge in [-0.1, -0.05) is 6.07 Å². The summed E-state index contributed by atoms with van der Waals surface area (Å²) in [6.45, 7) is 0. The van der Waals surface area contributed by atoms with Crippen molar-refractivity contribution in [2.75, 3.05) is 14.2 Å². The number of ether oxygens (including phenoxy) is 2. The lowest BCUT2D eigenvalue weighted by atomic mass is 10.1. The van der Waals surface area contributed by atoms with Gasteiger partial charge in [-0.2, -0.15) is 14.6 Å². The highest BCUT2D eigenvalue weighted by atomic mass is 16.5. The van der Waals surface area contributed by atoms with Crippen molar-refractivity contribution in [1.82, 2.24) is 29.4 Å². The van der Waals surface area contributed by atoms with Crippen molar-refractivity contribution in [3.05, 3.63) is 54.1 Å². The van der Waals surface area contributed by atoms with Gasteiger partial charge < -0.3 is 9.47 Å². The summed E-state index contributed by atoms with van der Waals surface area (Å²) in [4.78, 5) is 8.89. The Hall–Kier alpha value is -3.42. The molecule has 8 nitrogen and oxygen atoms in total. The van der Waals surface area contributed by atoms with E-state index >= 15 is 0 Å². The monoisotopic (exact) mass is 364 g/mol. The first-order valence-electron chi connectivity index (χ1n) is 8.59. The summed E-state index contributed by atoms with van der Waals surface area (Å²) >= 11 is 0. The number of aryl methyl sites for hydroxylation is 3. The molecule has 0 bridgehead atoms. The van der Waals surface area contributed by atoms with Crippen LogP contribution in [0.4, 0.5) is 0 Å². The normalized spacial score (nSPS) is 11.1. The van der Waals surface area contributed by atoms with Gasteiger partial charge in [-0.05, 0) is 36.2 Å². The zero-order valence-electron chi connectivity index (χ0n) is 15.5. The average Bonchev–Trinajstić information content (AvgIpc) is 3.31. The lowest BCUT2D eigenvalue weighted by molar-refractivity contribution is 0.354. The van der Waals surface area contributed by atoms with Crippen LogP contribution in [0.3, 0.4) is 0 Å². The molecule has 0 atom stereocenters. The third kappa shape index (κ3) is 3.21. The molecule has 0 unspecified atom stereocenters. The lowest BCUT2D eigenvalue weighted by Gasteiger charge is -2.08. The Morgan fingerprint density at radius 1 is 0.926 bits per heavy atom. The van der Waals surface area contributed by atoms with Crippen LogP contribution in [0.5, 0.6) is 11.5 Å². The SMILES string of the molecule is COc1ccc(CCc2nc3nccc(-c4ccnn4C)n3n2)cc1OC. The Kier molecular flexibility index (Phi) is 4.45. The second-order valence-corrected chi connectivity index (χ2v) is 6.10. The molecule has 0 aliphatic rings. The number of nitrogens with zero attached hydrogens (tertiary/aromatic N) is 6. The van der Waals surface area contributed by atoms with Gasteiger partial charge in [0.25, 0.3) is 5.78 Å². The number of rotatable bonds is 6. The Bertz CT molecular complexity index is 1080. The molecular weight excluding hydrogens is 344 g/mol. The Balaban J connectivity index is 1.60. The van der Waals surface area contributed by atoms with Crippen molar-refractivity contribution in [3.8, 4) is 22.9 Å². The molecule has 0 fully saturated rings. The van der Waals surface area contributed by atoms with Crippen molar-refractivity contribution in [3.63, 3.8) is 0 Å². The van der Waals surface area contributed by atoms with Gasteiger partial charge in [-0.3, -0.25) is 4.68 Å². The van der Waals surface area contributed by atoms with Crippen molar-refractivity contribution in [1.29, 1.82) is 0 Å². The van der Waals surface area contributed by atoms with E-state index in [4.69, 9.17) is 9.47 Å². The maximum Gasteiger partial charge on any atom is 0.252 e. The third-order valence-electron chi connectivity index (χ3n) is 4.45. The molecule has 0 radical (unpaired) electrons. The second kappa shape index (κ2) is 7.06. The Morgan fingerprint density at radius 2 is 1.74 bits per heavy atom. The van der Waals surface area contributed by atoms with Crippen LogP contribution in [0, 0.1) is 0 Å². The fourth-order valence-corrected chi connectivity index (χ4v) is 3.05. The molecule has 0 N–H and O–H groups in total. The molecule has 0 saturated heterocycles. The molecule has 0 saturated carbocycles. The smallest absolute Gasteiger partial charge is 0.252 e. The molecule has 4 rings (SSSR count). The van der Waals surface area contributed by atoms with Crippen LogP contribution < -0.4 is 9.47 Å². The third-order valence-corrected chi connectivity index (χ3v) is 4.45. The fourth-order valence-electron chi connectivity index (χ4n) is 3.05. The highest BCUT2D eigenvalue weighted by molar-refractivity contribution is 5.56. The first-order valence-corrected chi connectivity index (χ1v) is 8.59. The molecule has 0 aliphatic heterocycles. The quantitative estimate of drug-likeness (QED) is 0.522. The van der Waals surface area contributed by atoms with Crippen molar-refractivity contribution < 1.29 is 9.47 Å². The van der Waals surface area contributed by atoms with E-state index in [0.717, 1.165) is 40.7 Å². The molecule has 0 aliphatic carbocycles. The highest BCUT2D eigenvalue weighted by Crippen LogP contribution is 2.28. The van der Waals surface area contributed by atoms with E-state index in [1.54, 1.807) is 35.8 Å². The minimum absolute atomic E-state index is 0.580. The zero-order chi connectivity index (χ0) is 18.8. The van der Waals surface area contributed by atoms with Crippen molar-refractivity contribution >= 4 is 5.78 Å². The summed E-state index contributed by atoms with van der Waals surface area (Å²) in [7, 11) is 5.17. The number of fused-ring (bicyclic) bond motifs is 1. The zero-order valence-corrected chi connectivity index (χ0v) is 15.5. The van der Waals surface area contributed by atoms with Gasteiger partial charge in [0.2, 0.25) is 0 Å². The van der Waals surface area contributed by atoms with E-state index in [1.165, 1.54) is 0 Å². The van der Waals surface area contributed by atoms with Gasteiger partial charge in [0.05, 0.1) is 25.6 Å². The Morgan fingerprint density at radius 3 is 2.48 bits per heavy atom. The number of hydrogen-bond donors (Lipinski definition) is 0. The van der Waals surface area contributed by atoms with Gasteiger partial charge in [0.1, 0.15) is 0 Å². The van der Waals surface area contributed by atoms with E-state index in [-0.39, 0.29) is 0 Å². The lowest BCUT2D eigenvalue weighted by Crippen LogP contribution is -2.01. The van der Waals surface area contributed by atoms with Crippen LogP contribution in [0.25, 0.3) is 17.2 Å². The molecule has 8 heteroatoms. The van der Waals surface area contributed by atoms with E-state index in [2.05, 4.69) is 20.2 Å². The molecular formula is C19H20N6O2. The summed E-state index contributed by atoms with van der Waals surface area (Å²) in [6, 6.07) is 9.77. The molecule has 3 heterocycles. The molecule has 1 aromatic carbocycles. The second-order valence-electron chi connectivity index (χ2n) is 6.10. The molecule has 0 spiro atoms. The van der Waals surface area contributed by atoms with E-state index in [1.807, 2.05) is 37.4 Å². The van der Waals surface area contributed by atoms with E-state index < -0.39 is 0 Å². The summed E-state index contributed by atoms with van der Waals surface area (Å²) in [5, 5.41) is 8.87. The van der Waals surface area contributed by atoms with Crippen LogP contribution in [0.15, 0.2) is 42.7 Å². The summed E-state index contributed by atoms with van der Waals surface area (Å²) in [5.74, 6) is 2.76. The van der Waals surface area contributed by atoms with Crippen LogP contribution in [0.1, 0.15) is 11.4 Å². The molecule has 0 amide bonds. The topological polar surface area (TPSA) is 79.4 Å². The van der Waals surface area contributed by atoms with Crippen molar-refractivity contribution in [2.24, 2.45) is 7.05 Å². The van der Waals surface area contributed by atoms with Crippen LogP contribution >= 0.6 is 0 Å². The van der Waals surface area contributed by atoms with Crippen LogP contribution in [-0.2, 0) is 19.9 Å². The number of hydrogen-bond acceptors (Lipinski definition) is 6. The minimum Gasteiger partial charge on any atom is -0.493 e. The number of aromatic nitrogens is 6. The minimum atomic E-state index is 0.580. The van der Waals surface area contributed by atoms with Gasteiger partial charge in [-0.25, -0.2) is 4.98 Å². The predicted molar refractivity (Wildman–Crippen MR) is 99.9 cm³/mol. The van der Waals surface area contributed by atoms with Crippen LogP contribution in [0.2, 0.25) is 0 Å². The van der Waals surface area contributed by atoms with Gasteiger partial charge in [0.15, 0.2) is 17.3 Å². The summed E-state index contributed by atoms with van der Waals surface area (Å²) in [6.07, 6.45) is 4.99. The summed E-state index contributed by atoms with van der Waals surface area (Å²) < 4.78 is 14.2.